The molecule has 0 saturated carbocycles. The van der Waals surface area contributed by atoms with Crippen molar-refractivity contribution >= 4 is 29.3 Å². The average molecular weight is 885 g/mol. The van der Waals surface area contributed by atoms with Gasteiger partial charge in [0.1, 0.15) is 0 Å². The van der Waals surface area contributed by atoms with Gasteiger partial charge in [0.05, 0.1) is 0 Å². The summed E-state index contributed by atoms with van der Waals surface area (Å²) in [6, 6.07) is 55.8. The van der Waals surface area contributed by atoms with Crippen LogP contribution in [0.15, 0.2) is 146 Å². The Bertz CT molecular complexity index is 2170. The molecular weight excluding hydrogens is 831 g/mol. The molecule has 0 spiro atoms. The van der Waals surface area contributed by atoms with Crippen LogP contribution in [0.25, 0.3) is 45.6 Å². The van der Waals surface area contributed by atoms with Crippen molar-refractivity contribution in [2.24, 2.45) is 0 Å². The second-order valence-corrected chi connectivity index (χ2v) is 43.8. The fourth-order valence-corrected chi connectivity index (χ4v) is 40.9. The summed E-state index contributed by atoms with van der Waals surface area (Å²) < 4.78 is 0.989. The van der Waals surface area contributed by atoms with Crippen molar-refractivity contribution in [2.45, 2.75) is 72.8 Å². The van der Waals surface area contributed by atoms with Crippen molar-refractivity contribution in [1.82, 2.24) is 0 Å². The van der Waals surface area contributed by atoms with E-state index in [-0.39, 0.29) is 0 Å². The quantitative estimate of drug-likeness (QED) is 0.114. The SMILES string of the molecule is CCC(C)c1ccccc1-c1cccc2c1C=C(c1ccccc1)[CH]2[Hf]([CH]1C(c2ccccc2)=Cc2c(-c3ccccc3C(C)CC)cccc21)[SiH](C)C. The number of fused-ring (bicyclic) bond motifs is 2. The molecular formula is C52H53HfSi. The average Bonchev–Trinajstić information content (AvgIpc) is 3.80. The van der Waals surface area contributed by atoms with Crippen LogP contribution in [0.5, 0.6) is 0 Å². The second-order valence-electron chi connectivity index (χ2n) is 15.9. The molecule has 8 rings (SSSR count). The van der Waals surface area contributed by atoms with Gasteiger partial charge in [-0.25, -0.2) is 0 Å². The van der Waals surface area contributed by atoms with Crippen molar-refractivity contribution in [2.75, 3.05) is 0 Å². The van der Waals surface area contributed by atoms with Crippen LogP contribution < -0.4 is 0 Å². The second kappa shape index (κ2) is 15.9. The molecule has 54 heavy (non-hydrogen) atoms. The van der Waals surface area contributed by atoms with E-state index in [0.717, 1.165) is 12.8 Å². The predicted octanol–water partition coefficient (Wildman–Crippen LogP) is 14.5. The summed E-state index contributed by atoms with van der Waals surface area (Å²) in [4.78, 5) is 0. The Morgan fingerprint density at radius 3 is 1.22 bits per heavy atom. The van der Waals surface area contributed by atoms with Crippen molar-refractivity contribution in [1.29, 1.82) is 0 Å². The summed E-state index contributed by atoms with van der Waals surface area (Å²) in [7, 11) is 0. The van der Waals surface area contributed by atoms with E-state index >= 15 is 0 Å². The Hall–Kier alpha value is -4.11. The molecule has 6 aromatic rings. The Balaban J connectivity index is 1.36. The summed E-state index contributed by atoms with van der Waals surface area (Å²) in [5.74, 6) is -0.125. The summed E-state index contributed by atoms with van der Waals surface area (Å²) in [5.41, 5.74) is 20.6. The van der Waals surface area contributed by atoms with Gasteiger partial charge in [-0.1, -0.05) is 0 Å². The molecule has 0 nitrogen and oxygen atoms in total. The molecule has 2 aliphatic rings. The van der Waals surface area contributed by atoms with Crippen LogP contribution in [-0.2, 0) is 20.6 Å². The monoisotopic (exact) mass is 885 g/mol. The van der Waals surface area contributed by atoms with Crippen LogP contribution in [0.4, 0.5) is 0 Å². The number of hydrogen-bond acceptors (Lipinski definition) is 0. The maximum atomic E-state index is 2.70. The molecule has 269 valence electrons. The molecule has 0 fully saturated rings. The van der Waals surface area contributed by atoms with Crippen molar-refractivity contribution in [3.8, 4) is 22.3 Å². The van der Waals surface area contributed by atoms with Gasteiger partial charge in [0.25, 0.3) is 0 Å². The van der Waals surface area contributed by atoms with Gasteiger partial charge in [-0.15, -0.1) is 0 Å². The Kier molecular flexibility index (Phi) is 10.9. The number of allylic oxidation sites excluding steroid dienone is 2. The van der Waals surface area contributed by atoms with Gasteiger partial charge in [0.15, 0.2) is 0 Å². The van der Waals surface area contributed by atoms with Gasteiger partial charge < -0.3 is 0 Å². The molecule has 6 aromatic carbocycles. The van der Waals surface area contributed by atoms with Gasteiger partial charge >= 0.3 is 335 Å². The fraction of sp³-hybridized carbons (Fsp3) is 0.231. The predicted molar refractivity (Wildman–Crippen MR) is 234 cm³/mol. The third-order valence-corrected chi connectivity index (χ3v) is 42.9. The zero-order valence-electron chi connectivity index (χ0n) is 32.8. The van der Waals surface area contributed by atoms with E-state index in [2.05, 4.69) is 199 Å². The number of rotatable bonds is 11. The van der Waals surface area contributed by atoms with Crippen LogP contribution in [-0.4, -0.2) is 5.98 Å². The van der Waals surface area contributed by atoms with Crippen molar-refractivity contribution in [3.63, 3.8) is 0 Å². The normalized spacial score (nSPS) is 17.1. The first-order valence-electron chi connectivity index (χ1n) is 20.3. The van der Waals surface area contributed by atoms with Crippen molar-refractivity contribution in [3.05, 3.63) is 190 Å². The molecule has 4 atom stereocenters. The molecule has 0 bridgehead atoms. The molecule has 0 N–H and O–H groups in total. The van der Waals surface area contributed by atoms with E-state index in [1.165, 1.54) is 55.6 Å². The summed E-state index contributed by atoms with van der Waals surface area (Å²) >= 11 is -2.76. The first kappa shape index (κ1) is 36.8. The molecule has 4 unspecified atom stereocenters. The number of benzene rings is 6. The van der Waals surface area contributed by atoms with Crippen LogP contribution >= 0.6 is 0 Å². The van der Waals surface area contributed by atoms with E-state index in [1.54, 1.807) is 22.3 Å². The fourth-order valence-electron chi connectivity index (χ4n) is 9.37. The third kappa shape index (κ3) is 6.64. The van der Waals surface area contributed by atoms with Crippen LogP contribution in [0.2, 0.25) is 13.1 Å². The zero-order chi connectivity index (χ0) is 37.3. The van der Waals surface area contributed by atoms with Crippen LogP contribution in [0.3, 0.4) is 0 Å². The Labute approximate surface area is 332 Å². The summed E-state index contributed by atoms with van der Waals surface area (Å²) in [6.45, 7) is 14.8. The van der Waals surface area contributed by atoms with Crippen LogP contribution in [0.1, 0.15) is 104 Å². The van der Waals surface area contributed by atoms with Crippen molar-refractivity contribution < 1.29 is 20.6 Å². The molecule has 0 radical (unpaired) electrons. The minimum atomic E-state index is -2.76. The standard InChI is InChI=1S/2C25H23.C2H7Si.Hf/c2*1-3-18(2)22-13-7-8-14-23(22)24-15-9-12-20-16-21(17-25(20)24)19-10-5-4-6-11-19;1-3-2;/h2*4-18H,3H2,1-2H3;3H,1-2H3;. The van der Waals surface area contributed by atoms with Crippen LogP contribution in [0, 0.1) is 0 Å². The van der Waals surface area contributed by atoms with E-state index in [1.807, 2.05) is 0 Å². The molecule has 0 saturated heterocycles. The molecule has 0 aromatic heterocycles. The van der Waals surface area contributed by atoms with E-state index < -0.39 is 26.6 Å². The third-order valence-electron chi connectivity index (χ3n) is 12.5. The Morgan fingerprint density at radius 1 is 0.463 bits per heavy atom. The van der Waals surface area contributed by atoms with E-state index in [0.29, 0.717) is 19.2 Å². The molecule has 2 aliphatic carbocycles. The van der Waals surface area contributed by atoms with Gasteiger partial charge in [0.2, 0.25) is 0 Å². The summed E-state index contributed by atoms with van der Waals surface area (Å²) in [6.07, 6.45) is 7.55. The molecule has 2 heteroatoms. The van der Waals surface area contributed by atoms with Gasteiger partial charge in [-0.3, -0.25) is 0 Å². The maximum absolute atomic E-state index is 2.76. The number of hydrogen-bond donors (Lipinski definition) is 0. The molecule has 0 heterocycles. The van der Waals surface area contributed by atoms with Gasteiger partial charge in [-0.2, -0.15) is 0 Å². The molecule has 0 amide bonds. The van der Waals surface area contributed by atoms with E-state index in [9.17, 15) is 0 Å². The van der Waals surface area contributed by atoms with E-state index in [4.69, 9.17) is 0 Å². The summed E-state index contributed by atoms with van der Waals surface area (Å²) in [5, 5.41) is 0. The van der Waals surface area contributed by atoms with Gasteiger partial charge in [0, 0.05) is 0 Å². The first-order valence-corrected chi connectivity index (χ1v) is 33.5. The first-order chi connectivity index (χ1) is 26.4. The van der Waals surface area contributed by atoms with Gasteiger partial charge in [-0.05, 0) is 0 Å². The topological polar surface area (TPSA) is 0 Å². The molecule has 0 aliphatic heterocycles. The minimum absolute atomic E-state index is 0.494. The zero-order valence-corrected chi connectivity index (χ0v) is 37.6. The Morgan fingerprint density at radius 2 is 0.833 bits per heavy atom.